The van der Waals surface area contributed by atoms with Crippen LogP contribution in [0.2, 0.25) is 0 Å². The lowest BCUT2D eigenvalue weighted by Gasteiger charge is -2.12. The molecule has 5 nitrogen and oxygen atoms in total. The Balaban J connectivity index is 1.20. The minimum atomic E-state index is 0.556. The van der Waals surface area contributed by atoms with Gasteiger partial charge in [-0.15, -0.1) is 0 Å². The van der Waals surface area contributed by atoms with Crippen molar-refractivity contribution >= 4 is 43.7 Å². The topological polar surface area (TPSA) is 56.7 Å². The minimum absolute atomic E-state index is 0.556. The van der Waals surface area contributed by atoms with Crippen LogP contribution in [0.25, 0.3) is 94.7 Å². The van der Waals surface area contributed by atoms with E-state index in [4.69, 9.17) is 19.4 Å². The highest BCUT2D eigenvalue weighted by molar-refractivity contribution is 6.10. The van der Waals surface area contributed by atoms with Crippen LogP contribution in [0.15, 0.2) is 174 Å². The molecule has 0 spiro atoms. The molecule has 10 aromatic rings. The molecule has 0 amide bonds. The second-order valence-corrected chi connectivity index (χ2v) is 12.5. The summed E-state index contributed by atoms with van der Waals surface area (Å²) in [4.78, 5) is 15.4. The van der Waals surface area contributed by atoms with Crippen LogP contribution in [-0.4, -0.2) is 19.5 Å². The highest BCUT2D eigenvalue weighted by atomic mass is 16.3. The van der Waals surface area contributed by atoms with E-state index in [2.05, 4.69) is 114 Å². The fourth-order valence-corrected chi connectivity index (χ4v) is 7.05. The van der Waals surface area contributed by atoms with Crippen LogP contribution in [-0.2, 0) is 0 Å². The molecule has 0 N–H and O–H groups in total. The van der Waals surface area contributed by atoms with Crippen LogP contribution in [0.5, 0.6) is 0 Å². The van der Waals surface area contributed by atoms with E-state index >= 15 is 0 Å². The molecular weight excluding hydrogens is 613 g/mol. The molecule has 0 aliphatic heterocycles. The van der Waals surface area contributed by atoms with E-state index < -0.39 is 0 Å². The lowest BCUT2D eigenvalue weighted by atomic mass is 9.98. The molecule has 0 radical (unpaired) electrons. The molecule has 50 heavy (non-hydrogen) atoms. The molecule has 234 valence electrons. The van der Waals surface area contributed by atoms with Gasteiger partial charge in [-0.3, -0.25) is 4.57 Å². The average Bonchev–Trinajstić information content (AvgIpc) is 3.73. The van der Waals surface area contributed by atoms with Crippen LogP contribution < -0.4 is 0 Å². The van der Waals surface area contributed by atoms with Crippen molar-refractivity contribution < 1.29 is 4.42 Å². The van der Waals surface area contributed by atoms with Gasteiger partial charge in [0.2, 0.25) is 5.95 Å². The van der Waals surface area contributed by atoms with Gasteiger partial charge in [0.05, 0.1) is 11.0 Å². The fraction of sp³-hybridized carbons (Fsp3) is 0. The minimum Gasteiger partial charge on any atom is -0.456 e. The van der Waals surface area contributed by atoms with Crippen LogP contribution in [0.3, 0.4) is 0 Å². The summed E-state index contributed by atoms with van der Waals surface area (Å²) < 4.78 is 8.44. The zero-order valence-corrected chi connectivity index (χ0v) is 26.9. The van der Waals surface area contributed by atoms with Crippen molar-refractivity contribution in [1.82, 2.24) is 19.5 Å². The van der Waals surface area contributed by atoms with E-state index in [-0.39, 0.29) is 0 Å². The largest absolute Gasteiger partial charge is 0.456 e. The van der Waals surface area contributed by atoms with Crippen LogP contribution in [0.1, 0.15) is 0 Å². The van der Waals surface area contributed by atoms with Gasteiger partial charge in [0.1, 0.15) is 11.2 Å². The lowest BCUT2D eigenvalue weighted by Crippen LogP contribution is -2.06. The summed E-state index contributed by atoms with van der Waals surface area (Å²) in [6, 6.07) is 58.8. The standard InChI is InChI=1S/C45H28N4O/c1-3-12-29(13-4-1)31-16-11-17-32(26-31)33-22-24-36-35-18-7-9-20-39(35)49(40(36)27-33)45-47-43(30-14-5-2-6-15-30)46-44(48-45)34-23-25-38-37-19-8-10-21-41(37)50-42(38)28-34/h1-28H. The van der Waals surface area contributed by atoms with Crippen molar-refractivity contribution in [2.45, 2.75) is 0 Å². The molecule has 3 heterocycles. The Bertz CT molecular complexity index is 2870. The summed E-state index contributed by atoms with van der Waals surface area (Å²) in [5.74, 6) is 1.74. The Kier molecular flexibility index (Phi) is 6.42. The van der Waals surface area contributed by atoms with Crippen LogP contribution in [0.4, 0.5) is 0 Å². The Morgan fingerprint density at radius 3 is 1.72 bits per heavy atom. The quantitative estimate of drug-likeness (QED) is 0.188. The van der Waals surface area contributed by atoms with Gasteiger partial charge in [0.25, 0.3) is 0 Å². The summed E-state index contributed by atoms with van der Waals surface area (Å²) in [7, 11) is 0. The molecular formula is C45H28N4O. The number of para-hydroxylation sites is 2. The predicted octanol–water partition coefficient (Wildman–Crippen LogP) is 11.5. The summed E-state index contributed by atoms with van der Waals surface area (Å²) in [6.07, 6.45) is 0. The van der Waals surface area contributed by atoms with E-state index in [0.29, 0.717) is 17.6 Å². The van der Waals surface area contributed by atoms with Gasteiger partial charge < -0.3 is 4.42 Å². The second-order valence-electron chi connectivity index (χ2n) is 12.5. The van der Waals surface area contributed by atoms with Gasteiger partial charge in [-0.1, -0.05) is 133 Å². The van der Waals surface area contributed by atoms with Crippen LogP contribution >= 0.6 is 0 Å². The number of benzene rings is 7. The van der Waals surface area contributed by atoms with Gasteiger partial charge in [0, 0.05) is 32.7 Å². The Morgan fingerprint density at radius 1 is 0.340 bits per heavy atom. The maximum absolute atomic E-state index is 6.26. The lowest BCUT2D eigenvalue weighted by molar-refractivity contribution is 0.669. The van der Waals surface area contributed by atoms with E-state index in [0.717, 1.165) is 66.0 Å². The molecule has 3 aromatic heterocycles. The Hall–Kier alpha value is -6.85. The molecule has 7 aromatic carbocycles. The van der Waals surface area contributed by atoms with E-state index in [1.165, 1.54) is 11.1 Å². The first-order valence-electron chi connectivity index (χ1n) is 16.7. The highest BCUT2D eigenvalue weighted by Crippen LogP contribution is 2.37. The average molecular weight is 641 g/mol. The monoisotopic (exact) mass is 640 g/mol. The third kappa shape index (κ3) is 4.67. The number of rotatable bonds is 5. The first-order valence-corrected chi connectivity index (χ1v) is 16.7. The van der Waals surface area contributed by atoms with Crippen LogP contribution in [0, 0.1) is 0 Å². The maximum atomic E-state index is 6.26. The number of nitrogens with zero attached hydrogens (tertiary/aromatic N) is 4. The number of furan rings is 1. The predicted molar refractivity (Wildman–Crippen MR) is 203 cm³/mol. The maximum Gasteiger partial charge on any atom is 0.238 e. The van der Waals surface area contributed by atoms with Crippen molar-refractivity contribution in [2.24, 2.45) is 0 Å². The van der Waals surface area contributed by atoms with Gasteiger partial charge in [-0.2, -0.15) is 9.97 Å². The van der Waals surface area contributed by atoms with Crippen molar-refractivity contribution in [3.8, 4) is 51.0 Å². The number of aromatic nitrogens is 4. The van der Waals surface area contributed by atoms with E-state index in [1.807, 2.05) is 60.7 Å². The highest BCUT2D eigenvalue weighted by Gasteiger charge is 2.19. The molecule has 0 unspecified atom stereocenters. The molecule has 0 aliphatic carbocycles. The fourth-order valence-electron chi connectivity index (χ4n) is 7.05. The molecule has 0 fully saturated rings. The van der Waals surface area contributed by atoms with E-state index in [1.54, 1.807) is 0 Å². The zero-order valence-electron chi connectivity index (χ0n) is 26.9. The third-order valence-corrected chi connectivity index (χ3v) is 9.47. The molecule has 0 saturated heterocycles. The van der Waals surface area contributed by atoms with E-state index in [9.17, 15) is 0 Å². The summed E-state index contributed by atoms with van der Waals surface area (Å²) >= 11 is 0. The second kappa shape index (κ2) is 11.4. The molecule has 0 atom stereocenters. The number of hydrogen-bond acceptors (Lipinski definition) is 4. The molecule has 5 heteroatoms. The first kappa shape index (κ1) is 28.2. The zero-order chi connectivity index (χ0) is 33.0. The van der Waals surface area contributed by atoms with Crippen molar-refractivity contribution in [2.75, 3.05) is 0 Å². The molecule has 0 aliphatic rings. The van der Waals surface area contributed by atoms with Gasteiger partial charge in [-0.25, -0.2) is 4.98 Å². The Labute approximate surface area is 287 Å². The molecule has 10 rings (SSSR count). The summed E-state index contributed by atoms with van der Waals surface area (Å²) in [5.41, 5.74) is 10.1. The van der Waals surface area contributed by atoms with Gasteiger partial charge in [-0.05, 0) is 58.7 Å². The number of hydrogen-bond donors (Lipinski definition) is 0. The Morgan fingerprint density at radius 2 is 0.900 bits per heavy atom. The van der Waals surface area contributed by atoms with Gasteiger partial charge >= 0.3 is 0 Å². The first-order chi connectivity index (χ1) is 24.8. The summed E-state index contributed by atoms with van der Waals surface area (Å²) in [6.45, 7) is 0. The van der Waals surface area contributed by atoms with Crippen molar-refractivity contribution in [3.63, 3.8) is 0 Å². The van der Waals surface area contributed by atoms with Crippen molar-refractivity contribution in [1.29, 1.82) is 0 Å². The SMILES string of the molecule is c1ccc(-c2cccc(-c3ccc4c5ccccc5n(-c5nc(-c6ccccc6)nc(-c6ccc7c(c6)oc6ccccc67)n5)c4c3)c2)cc1. The van der Waals surface area contributed by atoms with Crippen molar-refractivity contribution in [3.05, 3.63) is 170 Å². The summed E-state index contributed by atoms with van der Waals surface area (Å²) in [5, 5.41) is 4.42. The number of fused-ring (bicyclic) bond motifs is 6. The molecule has 0 bridgehead atoms. The normalized spacial score (nSPS) is 11.6. The third-order valence-electron chi connectivity index (χ3n) is 9.47. The smallest absolute Gasteiger partial charge is 0.238 e. The molecule has 0 saturated carbocycles. The van der Waals surface area contributed by atoms with Gasteiger partial charge in [0.15, 0.2) is 11.6 Å².